The van der Waals surface area contributed by atoms with Gasteiger partial charge in [0, 0.05) is 23.9 Å². The molecule has 0 saturated heterocycles. The minimum absolute atomic E-state index is 0.0346. The number of nitrogens with one attached hydrogen (secondary N) is 1. The largest absolute Gasteiger partial charge is 0.359 e. The van der Waals surface area contributed by atoms with Crippen LogP contribution in [-0.4, -0.2) is 17.0 Å². The fourth-order valence-corrected chi connectivity index (χ4v) is 1.74. The van der Waals surface area contributed by atoms with Crippen molar-refractivity contribution in [3.63, 3.8) is 0 Å². The van der Waals surface area contributed by atoms with Crippen LogP contribution in [0.1, 0.15) is 6.42 Å². The van der Waals surface area contributed by atoms with Crippen LogP contribution >= 0.6 is 0 Å². The van der Waals surface area contributed by atoms with E-state index in [4.69, 9.17) is 0 Å². The van der Waals surface area contributed by atoms with Crippen LogP contribution in [0.5, 0.6) is 0 Å². The topological polar surface area (TPSA) is 57.6 Å². The Morgan fingerprint density at radius 1 is 1.43 bits per heavy atom. The van der Waals surface area contributed by atoms with E-state index in [0.717, 1.165) is 16.8 Å². The average molecular weight is 185 g/mol. The third kappa shape index (κ3) is 0.849. The minimum Gasteiger partial charge on any atom is -0.359 e. The zero-order chi connectivity index (χ0) is 9.54. The fourth-order valence-electron chi connectivity index (χ4n) is 1.74. The molecule has 1 aromatic heterocycles. The van der Waals surface area contributed by atoms with Crippen LogP contribution in [0, 0.1) is 0 Å². The molecule has 0 saturated carbocycles. The van der Waals surface area contributed by atoms with Crippen molar-refractivity contribution in [2.45, 2.75) is 6.42 Å². The molecule has 0 radical (unpaired) electrons. The monoisotopic (exact) mass is 185 g/mol. The highest BCUT2D eigenvalue weighted by atomic mass is 16.1. The highest BCUT2D eigenvalue weighted by molar-refractivity contribution is 6.25. The molecule has 0 aromatic carbocycles. The smallest absolute Gasteiger partial charge is 0.189 e. The number of aliphatic imine (C=N–C) groups is 2. The molecular formula is C10H7N3O. The first-order chi connectivity index (χ1) is 6.86. The Morgan fingerprint density at radius 2 is 2.36 bits per heavy atom. The third-order valence-electron chi connectivity index (χ3n) is 2.41. The van der Waals surface area contributed by atoms with Crippen LogP contribution in [0.4, 0.5) is 0 Å². The number of nitrogens with zero attached hydrogens (tertiary/aromatic N) is 2. The van der Waals surface area contributed by atoms with Crippen molar-refractivity contribution in [3.05, 3.63) is 33.1 Å². The maximum atomic E-state index is 11.5. The van der Waals surface area contributed by atoms with E-state index in [1.54, 1.807) is 6.20 Å². The molecule has 2 aliphatic rings. The van der Waals surface area contributed by atoms with Gasteiger partial charge in [-0.15, -0.1) is 0 Å². The zero-order valence-corrected chi connectivity index (χ0v) is 7.32. The van der Waals surface area contributed by atoms with Crippen molar-refractivity contribution in [2.75, 3.05) is 0 Å². The summed E-state index contributed by atoms with van der Waals surface area (Å²) < 4.78 is 0. The van der Waals surface area contributed by atoms with E-state index in [9.17, 15) is 4.79 Å². The van der Waals surface area contributed by atoms with Crippen LogP contribution in [0.2, 0.25) is 0 Å². The summed E-state index contributed by atoms with van der Waals surface area (Å²) in [5.74, 6) is 0. The lowest BCUT2D eigenvalue weighted by atomic mass is 10.1. The van der Waals surface area contributed by atoms with E-state index in [-0.39, 0.29) is 5.43 Å². The maximum Gasteiger partial charge on any atom is 0.189 e. The SMILES string of the molecule is O=c1cc[nH]c2c1=CCC1=NC=NC=21. The molecule has 68 valence electrons. The first kappa shape index (κ1) is 7.44. The van der Waals surface area contributed by atoms with Gasteiger partial charge in [0.25, 0.3) is 0 Å². The summed E-state index contributed by atoms with van der Waals surface area (Å²) in [7, 11) is 0. The summed E-state index contributed by atoms with van der Waals surface area (Å²) in [5, 5.41) is 1.50. The van der Waals surface area contributed by atoms with Gasteiger partial charge in [0.1, 0.15) is 12.0 Å². The van der Waals surface area contributed by atoms with Gasteiger partial charge in [0.15, 0.2) is 5.43 Å². The van der Waals surface area contributed by atoms with Gasteiger partial charge in [0.2, 0.25) is 0 Å². The highest BCUT2D eigenvalue weighted by Crippen LogP contribution is 2.10. The van der Waals surface area contributed by atoms with Gasteiger partial charge < -0.3 is 4.98 Å². The van der Waals surface area contributed by atoms with E-state index in [0.29, 0.717) is 11.6 Å². The van der Waals surface area contributed by atoms with Crippen LogP contribution in [0.15, 0.2) is 27.0 Å². The van der Waals surface area contributed by atoms with Crippen molar-refractivity contribution < 1.29 is 0 Å². The standard InChI is InChI=1S/C10H7N3O/c14-8-3-4-11-9-6(8)1-2-7-10(9)13-5-12-7/h1,3-5,11H,2H2. The first-order valence-electron chi connectivity index (χ1n) is 4.38. The van der Waals surface area contributed by atoms with Gasteiger partial charge >= 0.3 is 0 Å². The summed E-state index contributed by atoms with van der Waals surface area (Å²) in [6, 6.07) is 1.52. The quantitative estimate of drug-likeness (QED) is 0.562. The molecule has 0 amide bonds. The number of aromatic nitrogens is 1. The van der Waals surface area contributed by atoms with E-state index in [1.807, 2.05) is 6.08 Å². The normalized spacial score (nSPS) is 17.1. The highest BCUT2D eigenvalue weighted by Gasteiger charge is 2.15. The van der Waals surface area contributed by atoms with Gasteiger partial charge in [0.05, 0.1) is 11.1 Å². The van der Waals surface area contributed by atoms with E-state index >= 15 is 0 Å². The van der Waals surface area contributed by atoms with Crippen LogP contribution < -0.4 is 16.0 Å². The zero-order valence-electron chi connectivity index (χ0n) is 7.32. The Balaban J connectivity index is 2.60. The third-order valence-corrected chi connectivity index (χ3v) is 2.41. The lowest BCUT2D eigenvalue weighted by molar-refractivity contribution is 1.16. The lowest BCUT2D eigenvalue weighted by Crippen LogP contribution is -2.44. The second-order valence-corrected chi connectivity index (χ2v) is 3.21. The Bertz CT molecular complexity index is 634. The molecule has 0 bridgehead atoms. The summed E-state index contributed by atoms with van der Waals surface area (Å²) in [6.07, 6.45) is 5.75. The predicted octanol–water partition coefficient (Wildman–Crippen LogP) is -0.850. The first-order valence-corrected chi connectivity index (χ1v) is 4.38. The Morgan fingerprint density at radius 3 is 3.29 bits per heavy atom. The number of pyridine rings is 1. The van der Waals surface area contributed by atoms with Gasteiger partial charge in [-0.3, -0.25) is 4.79 Å². The number of fused-ring (bicyclic) bond motifs is 2. The van der Waals surface area contributed by atoms with E-state index in [1.165, 1.54) is 12.4 Å². The molecule has 1 aliphatic heterocycles. The molecule has 1 aliphatic carbocycles. The second kappa shape index (κ2) is 2.51. The second-order valence-electron chi connectivity index (χ2n) is 3.21. The summed E-state index contributed by atoms with van der Waals surface area (Å²) in [4.78, 5) is 22.8. The van der Waals surface area contributed by atoms with Crippen LogP contribution in [-0.2, 0) is 0 Å². The molecule has 0 fully saturated rings. The van der Waals surface area contributed by atoms with Crippen molar-refractivity contribution in [3.8, 4) is 0 Å². The number of hydrogen-bond donors (Lipinski definition) is 1. The Hall–Kier alpha value is -1.97. The van der Waals surface area contributed by atoms with Gasteiger partial charge in [-0.05, 0) is 0 Å². The summed E-state index contributed by atoms with van der Waals surface area (Å²) in [6.45, 7) is 0. The molecule has 1 aromatic rings. The molecule has 4 nitrogen and oxygen atoms in total. The van der Waals surface area contributed by atoms with Crippen molar-refractivity contribution in [1.29, 1.82) is 0 Å². The molecule has 14 heavy (non-hydrogen) atoms. The molecule has 0 atom stereocenters. The predicted molar refractivity (Wildman–Crippen MR) is 54.7 cm³/mol. The number of aromatic amines is 1. The van der Waals surface area contributed by atoms with Gasteiger partial charge in [-0.1, -0.05) is 6.08 Å². The van der Waals surface area contributed by atoms with Crippen molar-refractivity contribution >= 4 is 23.8 Å². The minimum atomic E-state index is 0.0346. The summed E-state index contributed by atoms with van der Waals surface area (Å²) >= 11 is 0. The lowest BCUT2D eigenvalue weighted by Gasteiger charge is -2.04. The molecule has 0 spiro atoms. The van der Waals surface area contributed by atoms with Crippen LogP contribution in [0.25, 0.3) is 11.8 Å². The molecule has 0 unspecified atom stereocenters. The molecule has 2 heterocycles. The molecular weight excluding hydrogens is 178 g/mol. The number of rotatable bonds is 0. The maximum absolute atomic E-state index is 11.5. The van der Waals surface area contributed by atoms with Crippen molar-refractivity contribution in [1.82, 2.24) is 4.98 Å². The van der Waals surface area contributed by atoms with Gasteiger partial charge in [-0.25, -0.2) is 9.98 Å². The van der Waals surface area contributed by atoms with Crippen LogP contribution in [0.3, 0.4) is 0 Å². The van der Waals surface area contributed by atoms with Gasteiger partial charge in [-0.2, -0.15) is 0 Å². The number of hydrogen-bond acceptors (Lipinski definition) is 3. The molecule has 4 heteroatoms. The van der Waals surface area contributed by atoms with E-state index < -0.39 is 0 Å². The molecule has 1 N–H and O–H groups in total. The molecule has 3 rings (SSSR count). The Kier molecular flexibility index (Phi) is 1.33. The van der Waals surface area contributed by atoms with Crippen molar-refractivity contribution in [2.24, 2.45) is 9.98 Å². The average Bonchev–Trinajstić information content (AvgIpc) is 2.66. The number of H-pyrrole nitrogens is 1. The fraction of sp³-hybridized carbons (Fsp3) is 0.100. The van der Waals surface area contributed by atoms with E-state index in [2.05, 4.69) is 15.0 Å². The Labute approximate surface area is 79.0 Å². The summed E-state index contributed by atoms with van der Waals surface area (Å²) in [5.41, 5.74) is 1.77.